The molecule has 0 bridgehead atoms. The molecule has 4 rings (SSSR count). The van der Waals surface area contributed by atoms with Crippen molar-refractivity contribution < 1.29 is 39.1 Å². The normalized spacial score (nSPS) is 11.3. The number of alkyl carbamates (subject to hydrolysis) is 1. The first-order chi connectivity index (χ1) is 20.4. The molecule has 14 nitrogen and oxygen atoms in total. The quantitative estimate of drug-likeness (QED) is 0.148. The minimum Gasteiger partial charge on any atom is -0.508 e. The number of hydrogen-bond acceptors (Lipinski definition) is 11. The molecule has 0 aliphatic rings. The van der Waals surface area contributed by atoms with Crippen LogP contribution in [0, 0.1) is 6.92 Å². The third-order valence-corrected chi connectivity index (χ3v) is 6.48. The zero-order valence-corrected chi connectivity index (χ0v) is 24.5. The van der Waals surface area contributed by atoms with Gasteiger partial charge in [0.1, 0.15) is 18.1 Å². The number of aliphatic hydroxyl groups is 2. The Labute approximate surface area is 247 Å². The fourth-order valence-corrected chi connectivity index (χ4v) is 4.33. The molecule has 0 aliphatic heterocycles. The second-order valence-electron chi connectivity index (χ2n) is 9.79. The van der Waals surface area contributed by atoms with Gasteiger partial charge in [-0.1, -0.05) is 0 Å². The lowest BCUT2D eigenvalue weighted by atomic mass is 10.1. The smallest absolute Gasteiger partial charge is 0.411 e. The molecule has 0 spiro atoms. The molecule has 228 valence electrons. The van der Waals surface area contributed by atoms with Crippen LogP contribution in [-0.2, 0) is 17.8 Å². The van der Waals surface area contributed by atoms with E-state index in [1.165, 1.54) is 19.2 Å². The number of amides is 2. The van der Waals surface area contributed by atoms with Gasteiger partial charge in [-0.3, -0.25) is 9.48 Å². The lowest BCUT2D eigenvalue weighted by Gasteiger charge is -2.18. The molecule has 43 heavy (non-hydrogen) atoms. The highest BCUT2D eigenvalue weighted by Gasteiger charge is 2.23. The number of carbonyl (C=O) groups is 2. The maximum atomic E-state index is 13.7. The fraction of sp³-hybridized carbons (Fsp3) is 0.345. The average molecular weight is 595 g/mol. The molecule has 0 unspecified atom stereocenters. The number of aryl methyl sites for hydroxylation is 1. The van der Waals surface area contributed by atoms with E-state index >= 15 is 0 Å². The summed E-state index contributed by atoms with van der Waals surface area (Å²) in [7, 11) is 3.14. The standard InChI is InChI=1S/C29H34N6O8/c1-6-35-17(2)19(15-31-35)16-34(4)27(37)25-21-14-20(36)8-9-22(21)32-26(33-25)18-7-10-23(24(13-18)41-5)42-12-11-30-28(38)43-29(3,39)40/h7-10,13-15,36,39-40H,6,11-12,16H2,1-5H3,(H,30,38). The number of hydrogen-bond donors (Lipinski definition) is 4. The Hall–Kier alpha value is -4.95. The molecule has 4 N–H and O–H groups in total. The zero-order valence-electron chi connectivity index (χ0n) is 24.5. The second-order valence-corrected chi connectivity index (χ2v) is 9.79. The number of nitrogens with one attached hydrogen (secondary N) is 1. The maximum absolute atomic E-state index is 13.7. The van der Waals surface area contributed by atoms with Gasteiger partial charge in [-0.15, -0.1) is 0 Å². The van der Waals surface area contributed by atoms with Crippen LogP contribution in [-0.4, -0.2) is 85.3 Å². The van der Waals surface area contributed by atoms with Gasteiger partial charge in [-0.05, 0) is 50.2 Å². The summed E-state index contributed by atoms with van der Waals surface area (Å²) in [6, 6.07) is 9.56. The van der Waals surface area contributed by atoms with Gasteiger partial charge in [0.15, 0.2) is 17.3 Å². The number of nitrogens with zero attached hydrogens (tertiary/aromatic N) is 5. The van der Waals surface area contributed by atoms with Crippen molar-refractivity contribution in [3.8, 4) is 28.6 Å². The maximum Gasteiger partial charge on any atom is 0.411 e. The second kappa shape index (κ2) is 12.9. The highest BCUT2D eigenvalue weighted by molar-refractivity contribution is 6.05. The lowest BCUT2D eigenvalue weighted by Crippen LogP contribution is -2.37. The van der Waals surface area contributed by atoms with Crippen LogP contribution in [0.3, 0.4) is 0 Å². The highest BCUT2D eigenvalue weighted by atomic mass is 16.8. The van der Waals surface area contributed by atoms with Crippen LogP contribution in [0.2, 0.25) is 0 Å². The zero-order chi connectivity index (χ0) is 31.3. The summed E-state index contributed by atoms with van der Waals surface area (Å²) >= 11 is 0. The molecule has 2 aromatic carbocycles. The molecule has 0 atom stereocenters. The Bertz CT molecular complexity index is 1630. The Kier molecular flexibility index (Phi) is 9.31. The van der Waals surface area contributed by atoms with Gasteiger partial charge in [-0.2, -0.15) is 5.10 Å². The Morgan fingerprint density at radius 2 is 1.88 bits per heavy atom. The van der Waals surface area contributed by atoms with E-state index in [9.17, 15) is 14.7 Å². The fourth-order valence-electron chi connectivity index (χ4n) is 4.33. The topological polar surface area (TPSA) is 181 Å². The van der Waals surface area contributed by atoms with Gasteiger partial charge in [0.05, 0.1) is 25.4 Å². The minimum absolute atomic E-state index is 0.0121. The number of fused-ring (bicyclic) bond motifs is 1. The van der Waals surface area contributed by atoms with Crippen molar-refractivity contribution in [1.82, 2.24) is 30.0 Å². The SMILES string of the molecule is CCn1ncc(CN(C)C(=O)c2nc(-c3ccc(OCCNC(=O)OC(C)(O)O)c(OC)c3)nc3ccc(O)cc23)c1C. The summed E-state index contributed by atoms with van der Waals surface area (Å²) in [4.78, 5) is 36.0. The molecule has 0 saturated carbocycles. The molecular weight excluding hydrogens is 560 g/mol. The molecule has 0 fully saturated rings. The number of rotatable bonds is 11. The van der Waals surface area contributed by atoms with Crippen LogP contribution >= 0.6 is 0 Å². The highest BCUT2D eigenvalue weighted by Crippen LogP contribution is 2.33. The van der Waals surface area contributed by atoms with Crippen LogP contribution in [0.1, 0.15) is 35.6 Å². The summed E-state index contributed by atoms with van der Waals surface area (Å²) < 4.78 is 17.4. The van der Waals surface area contributed by atoms with Gasteiger partial charge >= 0.3 is 12.1 Å². The predicted molar refractivity (Wildman–Crippen MR) is 154 cm³/mol. The van der Waals surface area contributed by atoms with Crippen molar-refractivity contribution in [2.75, 3.05) is 27.3 Å². The predicted octanol–water partition coefficient (Wildman–Crippen LogP) is 2.57. The Morgan fingerprint density at radius 1 is 1.12 bits per heavy atom. The van der Waals surface area contributed by atoms with E-state index in [4.69, 9.17) is 19.7 Å². The number of ether oxygens (including phenoxy) is 3. The number of carbonyl (C=O) groups excluding carboxylic acids is 2. The molecule has 4 aromatic rings. The number of benzene rings is 2. The summed E-state index contributed by atoms with van der Waals surface area (Å²) in [5.41, 5.74) is 3.01. The van der Waals surface area contributed by atoms with Crippen LogP contribution < -0.4 is 14.8 Å². The molecule has 14 heteroatoms. The monoisotopic (exact) mass is 594 g/mol. The van der Waals surface area contributed by atoms with Crippen molar-refractivity contribution in [3.63, 3.8) is 0 Å². The number of phenols is 1. The first-order valence-corrected chi connectivity index (χ1v) is 13.4. The Balaban J connectivity index is 1.58. The van der Waals surface area contributed by atoms with Gasteiger partial charge in [-0.25, -0.2) is 14.8 Å². The van der Waals surface area contributed by atoms with Gasteiger partial charge in [0.2, 0.25) is 0 Å². The summed E-state index contributed by atoms with van der Waals surface area (Å²) in [5, 5.41) is 35.5. The Morgan fingerprint density at radius 3 is 2.56 bits per heavy atom. The number of phenolic OH excluding ortho intramolecular Hbond substituents is 1. The third-order valence-electron chi connectivity index (χ3n) is 6.48. The van der Waals surface area contributed by atoms with Crippen molar-refractivity contribution in [1.29, 1.82) is 0 Å². The van der Waals surface area contributed by atoms with Crippen LogP contribution in [0.5, 0.6) is 17.2 Å². The largest absolute Gasteiger partial charge is 0.508 e. The lowest BCUT2D eigenvalue weighted by molar-refractivity contribution is -0.293. The molecular formula is C29H34N6O8. The van der Waals surface area contributed by atoms with E-state index in [2.05, 4.69) is 25.1 Å². The summed E-state index contributed by atoms with van der Waals surface area (Å²) in [6.45, 7) is 5.92. The molecule has 2 aromatic heterocycles. The van der Waals surface area contributed by atoms with E-state index in [1.807, 2.05) is 18.5 Å². The number of aromatic hydroxyl groups is 1. The molecule has 0 radical (unpaired) electrons. The van der Waals surface area contributed by atoms with Crippen LogP contribution in [0.15, 0.2) is 42.6 Å². The van der Waals surface area contributed by atoms with Crippen molar-refractivity contribution in [2.45, 2.75) is 39.8 Å². The first-order valence-electron chi connectivity index (χ1n) is 13.4. The van der Waals surface area contributed by atoms with Gasteiger partial charge in [0.25, 0.3) is 5.91 Å². The number of aromatic nitrogens is 4. The molecule has 2 heterocycles. The summed E-state index contributed by atoms with van der Waals surface area (Å²) in [5.74, 6) is -2.00. The molecule has 0 saturated heterocycles. The third kappa shape index (κ3) is 7.47. The van der Waals surface area contributed by atoms with E-state index in [1.54, 1.807) is 42.4 Å². The van der Waals surface area contributed by atoms with E-state index in [0.717, 1.165) is 24.7 Å². The van der Waals surface area contributed by atoms with E-state index < -0.39 is 12.1 Å². The van der Waals surface area contributed by atoms with E-state index in [0.29, 0.717) is 34.5 Å². The van der Waals surface area contributed by atoms with Gasteiger partial charge < -0.3 is 39.7 Å². The van der Waals surface area contributed by atoms with Crippen molar-refractivity contribution in [2.24, 2.45) is 0 Å². The van der Waals surface area contributed by atoms with Crippen molar-refractivity contribution in [3.05, 3.63) is 59.5 Å². The molecule has 0 aliphatic carbocycles. The van der Waals surface area contributed by atoms with Gasteiger partial charge in [0, 0.05) is 49.3 Å². The molecule has 2 amide bonds. The van der Waals surface area contributed by atoms with Crippen LogP contribution in [0.25, 0.3) is 22.3 Å². The van der Waals surface area contributed by atoms with Crippen LogP contribution in [0.4, 0.5) is 4.79 Å². The first kappa shape index (κ1) is 31.0. The minimum atomic E-state index is -2.59. The summed E-state index contributed by atoms with van der Waals surface area (Å²) in [6.07, 6.45) is 0.720. The number of methoxy groups -OCH3 is 1. The van der Waals surface area contributed by atoms with E-state index in [-0.39, 0.29) is 36.3 Å². The van der Waals surface area contributed by atoms with Crippen molar-refractivity contribution >= 4 is 22.9 Å². The average Bonchev–Trinajstić information content (AvgIpc) is 3.31.